The van der Waals surface area contributed by atoms with E-state index in [2.05, 4.69) is 0 Å². The van der Waals surface area contributed by atoms with Crippen LogP contribution in [0.1, 0.15) is 39.0 Å². The van der Waals surface area contributed by atoms with Crippen LogP contribution < -0.4 is 5.73 Å². The fourth-order valence-corrected chi connectivity index (χ4v) is 3.95. The minimum absolute atomic E-state index is 0.120. The Morgan fingerprint density at radius 1 is 1.26 bits per heavy atom. The molecule has 1 amide bonds. The Labute approximate surface area is 139 Å². The van der Waals surface area contributed by atoms with Crippen molar-refractivity contribution >= 4 is 28.7 Å². The Balaban J connectivity index is 1.68. The summed E-state index contributed by atoms with van der Waals surface area (Å²) in [6.45, 7) is 3.21. The second kappa shape index (κ2) is 6.54. The maximum Gasteiger partial charge on any atom is 0.227 e. The highest BCUT2D eigenvalue weighted by Gasteiger charge is 2.24. The van der Waals surface area contributed by atoms with Crippen molar-refractivity contribution in [2.75, 3.05) is 12.3 Å². The normalized spacial score (nSPS) is 13.7. The fourth-order valence-electron chi connectivity index (χ4n) is 2.78. The predicted octanol–water partition coefficient (Wildman–Crippen LogP) is 3.05. The SMILES string of the molecule is CCC(=O)c1cc2c(s1)CCN(C(=O)Cc1ccc(N)cc1)C2. The number of carbonyl (C=O) groups excluding carboxylic acids is 2. The van der Waals surface area contributed by atoms with Crippen molar-refractivity contribution in [3.05, 3.63) is 51.2 Å². The van der Waals surface area contributed by atoms with E-state index in [1.54, 1.807) is 11.3 Å². The van der Waals surface area contributed by atoms with Crippen LogP contribution in [-0.2, 0) is 24.2 Å². The third-order valence-corrected chi connectivity index (χ3v) is 5.43. The molecule has 0 saturated carbocycles. The van der Waals surface area contributed by atoms with E-state index in [4.69, 9.17) is 5.73 Å². The predicted molar refractivity (Wildman–Crippen MR) is 92.6 cm³/mol. The summed E-state index contributed by atoms with van der Waals surface area (Å²) in [5.74, 6) is 0.305. The van der Waals surface area contributed by atoms with Gasteiger partial charge in [0.1, 0.15) is 0 Å². The van der Waals surface area contributed by atoms with Crippen LogP contribution in [0.5, 0.6) is 0 Å². The first-order valence-corrected chi connectivity index (χ1v) is 8.65. The van der Waals surface area contributed by atoms with E-state index in [0.29, 0.717) is 25.1 Å². The first-order valence-electron chi connectivity index (χ1n) is 7.83. The van der Waals surface area contributed by atoms with E-state index >= 15 is 0 Å². The Kier molecular flexibility index (Phi) is 4.48. The van der Waals surface area contributed by atoms with E-state index in [0.717, 1.165) is 29.0 Å². The Hall–Kier alpha value is -2.14. The third kappa shape index (κ3) is 3.45. The molecule has 2 aromatic rings. The average molecular weight is 328 g/mol. The second-order valence-corrected chi connectivity index (χ2v) is 6.96. The highest BCUT2D eigenvalue weighted by atomic mass is 32.1. The molecule has 3 rings (SSSR count). The lowest BCUT2D eigenvalue weighted by Crippen LogP contribution is -2.36. The summed E-state index contributed by atoms with van der Waals surface area (Å²) in [7, 11) is 0. The number of nitrogens with two attached hydrogens (primary N) is 1. The molecule has 4 nitrogen and oxygen atoms in total. The molecule has 0 unspecified atom stereocenters. The number of nitrogens with zero attached hydrogens (tertiary/aromatic N) is 1. The van der Waals surface area contributed by atoms with Gasteiger partial charge < -0.3 is 10.6 Å². The van der Waals surface area contributed by atoms with Gasteiger partial charge >= 0.3 is 0 Å². The van der Waals surface area contributed by atoms with E-state index in [1.807, 2.05) is 42.2 Å². The molecule has 0 radical (unpaired) electrons. The number of ketones is 1. The van der Waals surface area contributed by atoms with Crippen molar-refractivity contribution in [2.45, 2.75) is 32.7 Å². The maximum atomic E-state index is 12.5. The molecule has 2 N–H and O–H groups in total. The van der Waals surface area contributed by atoms with E-state index in [9.17, 15) is 9.59 Å². The molecule has 1 aromatic heterocycles. The topological polar surface area (TPSA) is 63.4 Å². The molecule has 2 heterocycles. The van der Waals surface area contributed by atoms with Crippen LogP contribution in [0, 0.1) is 0 Å². The Bertz CT molecular complexity index is 734. The molecule has 1 aliphatic rings. The van der Waals surface area contributed by atoms with Crippen LogP contribution >= 0.6 is 11.3 Å². The first-order chi connectivity index (χ1) is 11.1. The molecule has 0 spiro atoms. The summed E-state index contributed by atoms with van der Waals surface area (Å²) in [4.78, 5) is 28.3. The molecule has 1 aromatic carbocycles. The van der Waals surface area contributed by atoms with Gasteiger partial charge in [-0.15, -0.1) is 11.3 Å². The molecule has 0 saturated heterocycles. The second-order valence-electron chi connectivity index (χ2n) is 5.82. The lowest BCUT2D eigenvalue weighted by Gasteiger charge is -2.27. The van der Waals surface area contributed by atoms with Gasteiger partial charge in [-0.25, -0.2) is 0 Å². The van der Waals surface area contributed by atoms with Crippen LogP contribution in [0.25, 0.3) is 0 Å². The number of amides is 1. The number of hydrogen-bond acceptors (Lipinski definition) is 4. The lowest BCUT2D eigenvalue weighted by molar-refractivity contribution is -0.131. The number of anilines is 1. The van der Waals surface area contributed by atoms with Crippen LogP contribution in [-0.4, -0.2) is 23.1 Å². The summed E-state index contributed by atoms with van der Waals surface area (Å²) in [6, 6.07) is 9.39. The number of nitrogen functional groups attached to an aromatic ring is 1. The van der Waals surface area contributed by atoms with Crippen molar-refractivity contribution in [2.24, 2.45) is 0 Å². The zero-order chi connectivity index (χ0) is 16.4. The van der Waals surface area contributed by atoms with Crippen molar-refractivity contribution in [3.63, 3.8) is 0 Å². The summed E-state index contributed by atoms with van der Waals surface area (Å²) in [5.41, 5.74) is 8.48. The number of rotatable bonds is 4. The number of hydrogen-bond donors (Lipinski definition) is 1. The summed E-state index contributed by atoms with van der Waals surface area (Å²) >= 11 is 1.59. The largest absolute Gasteiger partial charge is 0.399 e. The zero-order valence-electron chi connectivity index (χ0n) is 13.2. The van der Waals surface area contributed by atoms with Crippen LogP contribution in [0.4, 0.5) is 5.69 Å². The van der Waals surface area contributed by atoms with Crippen LogP contribution in [0.3, 0.4) is 0 Å². The minimum atomic E-state index is 0.120. The van der Waals surface area contributed by atoms with Gasteiger partial charge in [0.05, 0.1) is 11.3 Å². The molecule has 5 heteroatoms. The molecular weight excluding hydrogens is 308 g/mol. The molecule has 0 fully saturated rings. The number of thiophene rings is 1. The molecule has 120 valence electrons. The third-order valence-electron chi connectivity index (χ3n) is 4.15. The van der Waals surface area contributed by atoms with Crippen LogP contribution in [0.2, 0.25) is 0 Å². The quantitative estimate of drug-likeness (QED) is 0.693. The summed E-state index contributed by atoms with van der Waals surface area (Å²) < 4.78 is 0. The smallest absolute Gasteiger partial charge is 0.227 e. The molecule has 23 heavy (non-hydrogen) atoms. The number of benzene rings is 1. The van der Waals surface area contributed by atoms with Gasteiger partial charge in [0, 0.05) is 30.1 Å². The van der Waals surface area contributed by atoms with Crippen molar-refractivity contribution in [1.29, 1.82) is 0 Å². The monoisotopic (exact) mass is 328 g/mol. The number of Topliss-reactive ketones (excluding diaryl/α,β-unsaturated/α-hetero) is 1. The molecule has 1 aliphatic heterocycles. The van der Waals surface area contributed by atoms with E-state index in [-0.39, 0.29) is 11.7 Å². The highest BCUT2D eigenvalue weighted by molar-refractivity contribution is 7.14. The van der Waals surface area contributed by atoms with Crippen molar-refractivity contribution in [1.82, 2.24) is 4.90 Å². The molecule has 0 atom stereocenters. The summed E-state index contributed by atoms with van der Waals surface area (Å²) in [5, 5.41) is 0. The summed E-state index contributed by atoms with van der Waals surface area (Å²) in [6.07, 6.45) is 1.75. The lowest BCUT2D eigenvalue weighted by atomic mass is 10.1. The Morgan fingerprint density at radius 3 is 2.70 bits per heavy atom. The van der Waals surface area contributed by atoms with Crippen molar-refractivity contribution < 1.29 is 9.59 Å². The molecular formula is C18H20N2O2S. The average Bonchev–Trinajstić information content (AvgIpc) is 2.99. The van der Waals surface area contributed by atoms with E-state index < -0.39 is 0 Å². The van der Waals surface area contributed by atoms with Crippen molar-refractivity contribution in [3.8, 4) is 0 Å². The number of carbonyl (C=O) groups is 2. The van der Waals surface area contributed by atoms with Gasteiger partial charge in [-0.1, -0.05) is 19.1 Å². The first kappa shape index (κ1) is 15.7. The molecule has 0 aliphatic carbocycles. The Morgan fingerprint density at radius 2 is 2.00 bits per heavy atom. The van der Waals surface area contributed by atoms with Gasteiger partial charge in [-0.3, -0.25) is 9.59 Å². The number of fused-ring (bicyclic) bond motifs is 1. The van der Waals surface area contributed by atoms with Gasteiger partial charge in [-0.05, 0) is 35.7 Å². The minimum Gasteiger partial charge on any atom is -0.399 e. The standard InChI is InChI=1S/C18H20N2O2S/c1-2-15(21)17-10-13-11-20(8-7-16(13)23-17)18(22)9-12-3-5-14(19)6-4-12/h3-6,10H,2,7-9,11,19H2,1H3. The highest BCUT2D eigenvalue weighted by Crippen LogP contribution is 2.29. The van der Waals surface area contributed by atoms with Gasteiger partial charge in [0.2, 0.25) is 5.91 Å². The van der Waals surface area contributed by atoms with E-state index in [1.165, 1.54) is 4.88 Å². The maximum absolute atomic E-state index is 12.5. The van der Waals surface area contributed by atoms with Gasteiger partial charge in [-0.2, -0.15) is 0 Å². The van der Waals surface area contributed by atoms with Gasteiger partial charge in [0.15, 0.2) is 5.78 Å². The fraction of sp³-hybridized carbons (Fsp3) is 0.333. The molecule has 0 bridgehead atoms. The zero-order valence-corrected chi connectivity index (χ0v) is 14.0. The van der Waals surface area contributed by atoms with Crippen LogP contribution in [0.15, 0.2) is 30.3 Å². The van der Waals surface area contributed by atoms with Gasteiger partial charge in [0.25, 0.3) is 0 Å².